The van der Waals surface area contributed by atoms with Gasteiger partial charge in [-0.25, -0.2) is 9.37 Å². The van der Waals surface area contributed by atoms with Crippen molar-refractivity contribution in [2.45, 2.75) is 20.4 Å². The summed E-state index contributed by atoms with van der Waals surface area (Å²) in [5.74, 6) is -0.688. The number of carbonyl (C=O) groups excluding carboxylic acids is 1. The minimum atomic E-state index is -0.478. The summed E-state index contributed by atoms with van der Waals surface area (Å²) in [5, 5.41) is 5.75. The zero-order valence-corrected chi connectivity index (χ0v) is 17.5. The molecule has 4 rings (SSSR count). The van der Waals surface area contributed by atoms with Gasteiger partial charge in [-0.15, -0.1) is 11.3 Å². The molecule has 0 fully saturated rings. The number of fused-ring (bicyclic) bond motifs is 1. The molecule has 2 aromatic carbocycles. The highest BCUT2D eigenvalue weighted by Gasteiger charge is 2.16. The van der Waals surface area contributed by atoms with Crippen molar-refractivity contribution in [2.24, 2.45) is 0 Å². The van der Waals surface area contributed by atoms with Crippen LogP contribution < -0.4 is 5.32 Å². The quantitative estimate of drug-likeness (QED) is 0.417. The van der Waals surface area contributed by atoms with Crippen LogP contribution in [0.3, 0.4) is 0 Å². The van der Waals surface area contributed by atoms with E-state index in [2.05, 4.69) is 5.32 Å². The van der Waals surface area contributed by atoms with Gasteiger partial charge in [0.05, 0.1) is 26.7 Å². The van der Waals surface area contributed by atoms with Crippen molar-refractivity contribution in [2.75, 3.05) is 0 Å². The third-order valence-electron chi connectivity index (χ3n) is 4.88. The Morgan fingerprint density at radius 2 is 1.93 bits per heavy atom. The van der Waals surface area contributed by atoms with E-state index in [0.29, 0.717) is 5.56 Å². The molecule has 146 valence electrons. The zero-order valence-electron chi connectivity index (χ0n) is 15.9. The van der Waals surface area contributed by atoms with Gasteiger partial charge in [0.2, 0.25) is 0 Å². The number of pyridine rings is 1. The monoisotopic (exact) mass is 424 g/mol. The molecule has 1 amide bonds. The van der Waals surface area contributed by atoms with E-state index in [1.807, 2.05) is 49.6 Å². The van der Waals surface area contributed by atoms with Gasteiger partial charge < -0.3 is 5.32 Å². The van der Waals surface area contributed by atoms with E-state index in [4.69, 9.17) is 16.6 Å². The molecule has 0 saturated carbocycles. The number of halogens is 2. The van der Waals surface area contributed by atoms with Crippen LogP contribution in [0.25, 0.3) is 21.5 Å². The zero-order chi connectivity index (χ0) is 20.5. The summed E-state index contributed by atoms with van der Waals surface area (Å²) in [6, 6.07) is 14.2. The van der Waals surface area contributed by atoms with Gasteiger partial charge in [-0.2, -0.15) is 0 Å². The highest BCUT2D eigenvalue weighted by atomic mass is 35.5. The van der Waals surface area contributed by atoms with Crippen LogP contribution in [0.15, 0.2) is 53.9 Å². The van der Waals surface area contributed by atoms with Crippen molar-refractivity contribution in [3.63, 3.8) is 0 Å². The Morgan fingerprint density at radius 3 is 2.66 bits per heavy atom. The first-order valence-electron chi connectivity index (χ1n) is 9.10. The molecule has 0 aliphatic carbocycles. The highest BCUT2D eigenvalue weighted by Crippen LogP contribution is 2.29. The van der Waals surface area contributed by atoms with Crippen LogP contribution in [0.1, 0.15) is 27.0 Å². The van der Waals surface area contributed by atoms with Gasteiger partial charge in [-0.3, -0.25) is 4.79 Å². The van der Waals surface area contributed by atoms with Crippen molar-refractivity contribution in [3.05, 3.63) is 87.0 Å². The van der Waals surface area contributed by atoms with Crippen molar-refractivity contribution in [1.82, 2.24) is 10.3 Å². The molecular weight excluding hydrogens is 407 g/mol. The van der Waals surface area contributed by atoms with E-state index in [9.17, 15) is 9.18 Å². The van der Waals surface area contributed by atoms with Gasteiger partial charge in [0.1, 0.15) is 5.82 Å². The molecule has 2 aromatic heterocycles. The molecule has 0 atom stereocenters. The lowest BCUT2D eigenvalue weighted by molar-refractivity contribution is 0.0952. The maximum absolute atomic E-state index is 13.4. The standard InChI is InChI=1S/C23H18ClFN2OS/c1-13-8-16-17(23(28)26-12-15-5-6-19(25)18(24)10-15)11-21(22-4-3-7-29-22)27-20(16)9-14(13)2/h3-11H,12H2,1-2H3,(H,26,28). The molecule has 6 heteroatoms. The fourth-order valence-electron chi connectivity index (χ4n) is 3.15. The Bertz CT molecular complexity index is 1220. The number of benzene rings is 2. The van der Waals surface area contributed by atoms with Crippen LogP contribution in [0.2, 0.25) is 5.02 Å². The maximum atomic E-state index is 13.4. The van der Waals surface area contributed by atoms with Gasteiger partial charge >= 0.3 is 0 Å². The van der Waals surface area contributed by atoms with Crippen LogP contribution in [-0.4, -0.2) is 10.9 Å². The van der Waals surface area contributed by atoms with E-state index in [1.165, 1.54) is 12.1 Å². The molecular formula is C23H18ClFN2OS. The van der Waals surface area contributed by atoms with E-state index in [1.54, 1.807) is 17.4 Å². The topological polar surface area (TPSA) is 42.0 Å². The lowest BCUT2D eigenvalue weighted by atomic mass is 10.0. The van der Waals surface area contributed by atoms with Crippen LogP contribution in [0, 0.1) is 19.7 Å². The average molecular weight is 425 g/mol. The van der Waals surface area contributed by atoms with Crippen LogP contribution >= 0.6 is 22.9 Å². The van der Waals surface area contributed by atoms with E-state index < -0.39 is 5.82 Å². The Labute approximate surface area is 177 Å². The van der Waals surface area contributed by atoms with Crippen LogP contribution in [0.4, 0.5) is 4.39 Å². The fraction of sp³-hybridized carbons (Fsp3) is 0.130. The molecule has 0 unspecified atom stereocenters. The first-order valence-corrected chi connectivity index (χ1v) is 10.4. The van der Waals surface area contributed by atoms with Gasteiger partial charge in [0, 0.05) is 11.9 Å². The van der Waals surface area contributed by atoms with E-state index in [-0.39, 0.29) is 17.5 Å². The number of carbonyl (C=O) groups is 1. The second kappa shape index (κ2) is 7.93. The molecule has 0 saturated heterocycles. The second-order valence-electron chi connectivity index (χ2n) is 6.92. The molecule has 0 aliphatic rings. The number of aromatic nitrogens is 1. The van der Waals surface area contributed by atoms with Crippen LogP contribution in [-0.2, 0) is 6.54 Å². The maximum Gasteiger partial charge on any atom is 0.252 e. The summed E-state index contributed by atoms with van der Waals surface area (Å²) in [7, 11) is 0. The van der Waals surface area contributed by atoms with Gasteiger partial charge in [0.15, 0.2) is 0 Å². The van der Waals surface area contributed by atoms with Gasteiger partial charge in [-0.1, -0.05) is 23.7 Å². The minimum Gasteiger partial charge on any atom is -0.348 e. The third-order valence-corrected chi connectivity index (χ3v) is 6.06. The predicted octanol–water partition coefficient (Wildman–Crippen LogP) is 6.30. The number of aryl methyl sites for hydroxylation is 2. The van der Waals surface area contributed by atoms with Crippen molar-refractivity contribution >= 4 is 39.7 Å². The summed E-state index contributed by atoms with van der Waals surface area (Å²) in [5.41, 5.74) is 5.08. The normalized spacial score (nSPS) is 11.0. The summed E-state index contributed by atoms with van der Waals surface area (Å²) in [6.45, 7) is 4.30. The smallest absolute Gasteiger partial charge is 0.252 e. The first kappa shape index (κ1) is 19.6. The van der Waals surface area contributed by atoms with Gasteiger partial charge in [-0.05, 0) is 72.3 Å². The summed E-state index contributed by atoms with van der Waals surface area (Å²) >= 11 is 7.42. The Balaban J connectivity index is 1.73. The highest BCUT2D eigenvalue weighted by molar-refractivity contribution is 7.13. The molecule has 3 nitrogen and oxygen atoms in total. The SMILES string of the molecule is Cc1cc2nc(-c3cccs3)cc(C(=O)NCc3ccc(F)c(Cl)c3)c2cc1C. The Morgan fingerprint density at radius 1 is 1.14 bits per heavy atom. The predicted molar refractivity (Wildman–Crippen MR) is 117 cm³/mol. The number of rotatable bonds is 4. The molecule has 0 aliphatic heterocycles. The number of nitrogens with zero attached hydrogens (tertiary/aromatic N) is 1. The van der Waals surface area contributed by atoms with Crippen molar-refractivity contribution in [1.29, 1.82) is 0 Å². The number of hydrogen-bond donors (Lipinski definition) is 1. The summed E-state index contributed by atoms with van der Waals surface area (Å²) in [6.07, 6.45) is 0. The largest absolute Gasteiger partial charge is 0.348 e. The average Bonchev–Trinajstić information content (AvgIpc) is 3.24. The van der Waals surface area contributed by atoms with Crippen LogP contribution in [0.5, 0.6) is 0 Å². The summed E-state index contributed by atoms with van der Waals surface area (Å²) in [4.78, 5) is 18.8. The third kappa shape index (κ3) is 4.02. The molecule has 2 heterocycles. The van der Waals surface area contributed by atoms with Gasteiger partial charge in [0.25, 0.3) is 5.91 Å². The molecule has 29 heavy (non-hydrogen) atoms. The van der Waals surface area contributed by atoms with E-state index in [0.717, 1.165) is 38.2 Å². The molecule has 4 aromatic rings. The lowest BCUT2D eigenvalue weighted by Gasteiger charge is -2.12. The van der Waals surface area contributed by atoms with E-state index >= 15 is 0 Å². The summed E-state index contributed by atoms with van der Waals surface area (Å²) < 4.78 is 13.4. The second-order valence-corrected chi connectivity index (χ2v) is 8.27. The molecule has 0 bridgehead atoms. The lowest BCUT2D eigenvalue weighted by Crippen LogP contribution is -2.23. The molecule has 1 N–H and O–H groups in total. The first-order chi connectivity index (χ1) is 13.9. The molecule has 0 radical (unpaired) electrons. The minimum absolute atomic E-state index is 0.0391. The number of hydrogen-bond acceptors (Lipinski definition) is 3. The van der Waals surface area contributed by atoms with Crippen molar-refractivity contribution in [3.8, 4) is 10.6 Å². The Kier molecular flexibility index (Phi) is 5.35. The molecule has 0 spiro atoms. The van der Waals surface area contributed by atoms with Crippen molar-refractivity contribution < 1.29 is 9.18 Å². The number of thiophene rings is 1. The fourth-order valence-corrected chi connectivity index (χ4v) is 4.04. The Hall–Kier alpha value is -2.76. The number of nitrogens with one attached hydrogen (secondary N) is 1. The number of amides is 1.